The Hall–Kier alpha value is -1.13. The van der Waals surface area contributed by atoms with Gasteiger partial charge in [0.2, 0.25) is 5.67 Å². The minimum Gasteiger partial charge on any atom is -0.465 e. The van der Waals surface area contributed by atoms with Gasteiger partial charge in [0.1, 0.15) is 5.92 Å². The second kappa shape index (κ2) is 7.60. The Morgan fingerprint density at radius 1 is 1.18 bits per heavy atom. The van der Waals surface area contributed by atoms with Crippen LogP contribution in [0.3, 0.4) is 0 Å². The van der Waals surface area contributed by atoms with Crippen molar-refractivity contribution >= 4 is 5.97 Å². The Bertz CT molecular complexity index is 570. The highest BCUT2D eigenvalue weighted by molar-refractivity contribution is 5.74. The van der Waals surface area contributed by atoms with Crippen molar-refractivity contribution in [3.8, 4) is 0 Å². The van der Waals surface area contributed by atoms with Gasteiger partial charge in [-0.05, 0) is 38.0 Å². The van der Waals surface area contributed by atoms with Crippen LogP contribution in [-0.2, 0) is 9.53 Å². The highest BCUT2D eigenvalue weighted by atomic mass is 19.4. The Morgan fingerprint density at radius 2 is 1.68 bits per heavy atom. The average molecular weight is 428 g/mol. The van der Waals surface area contributed by atoms with E-state index in [9.17, 15) is 45.0 Å². The van der Waals surface area contributed by atoms with E-state index in [1.54, 1.807) is 0 Å². The number of hydrogen-bond acceptors (Lipinski definition) is 3. The predicted molar refractivity (Wildman–Crippen MR) is 82.7 cm³/mol. The molecule has 1 N–H and O–H groups in total. The molecule has 166 valence electrons. The summed E-state index contributed by atoms with van der Waals surface area (Å²) < 4.78 is 113. The molecule has 28 heavy (non-hydrogen) atoms. The first-order chi connectivity index (χ1) is 12.3. The summed E-state index contributed by atoms with van der Waals surface area (Å²) in [5, 5.41) is 9.39. The number of rotatable bonds is 6. The summed E-state index contributed by atoms with van der Waals surface area (Å²) in [6, 6.07) is 0. The molecule has 11 heteroatoms. The van der Waals surface area contributed by atoms with Crippen molar-refractivity contribution in [2.45, 2.75) is 76.2 Å². The van der Waals surface area contributed by atoms with Crippen molar-refractivity contribution in [1.82, 2.24) is 0 Å². The van der Waals surface area contributed by atoms with Crippen LogP contribution in [0.5, 0.6) is 0 Å². The second-order valence-corrected chi connectivity index (χ2v) is 8.12. The lowest BCUT2D eigenvalue weighted by Gasteiger charge is -2.46. The molecule has 0 heterocycles. The van der Waals surface area contributed by atoms with Gasteiger partial charge >= 0.3 is 18.1 Å². The van der Waals surface area contributed by atoms with Gasteiger partial charge in [-0.15, -0.1) is 0 Å². The van der Waals surface area contributed by atoms with Crippen LogP contribution < -0.4 is 0 Å². The standard InChI is InChI=1S/C17H24F8O3/c1-9-5-11(16(21,22)15(20,7-9)14(4,18)19)12(26)28-8-10(2)6-13(3,27)17(23,24)25/h9-11,27H,5-8H2,1-4H3. The summed E-state index contributed by atoms with van der Waals surface area (Å²) in [5.74, 6) is -15.4. The van der Waals surface area contributed by atoms with Crippen molar-refractivity contribution in [1.29, 1.82) is 0 Å². The van der Waals surface area contributed by atoms with Gasteiger partial charge in [0.15, 0.2) is 5.60 Å². The minimum atomic E-state index is -4.96. The summed E-state index contributed by atoms with van der Waals surface area (Å²) in [6.07, 6.45) is -7.61. The molecule has 1 aliphatic carbocycles. The monoisotopic (exact) mass is 428 g/mol. The van der Waals surface area contributed by atoms with Gasteiger partial charge in [-0.2, -0.15) is 13.2 Å². The predicted octanol–water partition coefficient (Wildman–Crippen LogP) is 4.91. The maximum absolute atomic E-state index is 14.6. The summed E-state index contributed by atoms with van der Waals surface area (Å²) >= 11 is 0. The van der Waals surface area contributed by atoms with E-state index in [1.807, 2.05) is 0 Å². The molecular formula is C17H24F8O3. The van der Waals surface area contributed by atoms with Crippen LogP contribution >= 0.6 is 0 Å². The number of esters is 1. The molecule has 5 unspecified atom stereocenters. The normalized spacial score (nSPS) is 31.8. The number of hydrogen-bond donors (Lipinski definition) is 1. The Kier molecular flexibility index (Phi) is 6.76. The lowest BCUT2D eigenvalue weighted by Crippen LogP contribution is -2.64. The van der Waals surface area contributed by atoms with Crippen molar-refractivity contribution in [3.63, 3.8) is 0 Å². The molecule has 0 spiro atoms. The summed E-state index contributed by atoms with van der Waals surface area (Å²) in [5.41, 5.74) is -7.35. The van der Waals surface area contributed by atoms with Crippen LogP contribution in [0.1, 0.15) is 47.0 Å². The van der Waals surface area contributed by atoms with E-state index in [2.05, 4.69) is 4.74 Å². The quantitative estimate of drug-likeness (QED) is 0.483. The van der Waals surface area contributed by atoms with Crippen LogP contribution in [0.4, 0.5) is 35.1 Å². The first-order valence-corrected chi connectivity index (χ1v) is 8.66. The third-order valence-electron chi connectivity index (χ3n) is 5.08. The topological polar surface area (TPSA) is 46.5 Å². The number of carbonyl (C=O) groups is 1. The molecule has 0 aromatic heterocycles. The Labute approximate surface area is 157 Å². The molecule has 0 aliphatic heterocycles. The molecule has 1 saturated carbocycles. The molecule has 0 aromatic carbocycles. The van der Waals surface area contributed by atoms with E-state index >= 15 is 0 Å². The third kappa shape index (κ3) is 4.71. The van der Waals surface area contributed by atoms with Crippen LogP contribution in [0.25, 0.3) is 0 Å². The van der Waals surface area contributed by atoms with Gasteiger partial charge in [-0.3, -0.25) is 4.79 Å². The SMILES string of the molecule is CC(COC(=O)C1CC(C)CC(F)(C(C)(F)F)C1(F)F)CC(C)(O)C(F)(F)F. The highest BCUT2D eigenvalue weighted by Crippen LogP contribution is 2.56. The number of ether oxygens (including phenoxy) is 1. The molecule has 1 rings (SSSR count). The van der Waals surface area contributed by atoms with E-state index in [4.69, 9.17) is 0 Å². The lowest BCUT2D eigenvalue weighted by atomic mass is 9.68. The van der Waals surface area contributed by atoms with Gasteiger partial charge in [-0.25, -0.2) is 22.0 Å². The number of carbonyl (C=O) groups excluding carboxylic acids is 1. The molecule has 0 saturated heterocycles. The lowest BCUT2D eigenvalue weighted by molar-refractivity contribution is -0.283. The maximum atomic E-state index is 14.6. The number of alkyl halides is 8. The van der Waals surface area contributed by atoms with Gasteiger partial charge < -0.3 is 9.84 Å². The molecule has 0 aromatic rings. The molecular weight excluding hydrogens is 404 g/mol. The van der Waals surface area contributed by atoms with Crippen LogP contribution in [-0.4, -0.2) is 47.0 Å². The Balaban J connectivity index is 2.88. The summed E-state index contributed by atoms with van der Waals surface area (Å²) in [7, 11) is 0. The summed E-state index contributed by atoms with van der Waals surface area (Å²) in [4.78, 5) is 12.0. The third-order valence-corrected chi connectivity index (χ3v) is 5.08. The Morgan fingerprint density at radius 3 is 2.11 bits per heavy atom. The van der Waals surface area contributed by atoms with E-state index in [-0.39, 0.29) is 6.92 Å². The maximum Gasteiger partial charge on any atom is 0.416 e. The molecule has 0 radical (unpaired) electrons. The second-order valence-electron chi connectivity index (χ2n) is 8.12. The fourth-order valence-corrected chi connectivity index (χ4v) is 3.42. The zero-order chi connectivity index (χ0) is 22.3. The van der Waals surface area contributed by atoms with E-state index in [0.717, 1.165) is 0 Å². The zero-order valence-electron chi connectivity index (χ0n) is 15.8. The largest absolute Gasteiger partial charge is 0.465 e. The number of aliphatic hydroxyl groups is 1. The molecule has 3 nitrogen and oxygen atoms in total. The highest BCUT2D eigenvalue weighted by Gasteiger charge is 2.73. The van der Waals surface area contributed by atoms with Crippen LogP contribution in [0.2, 0.25) is 0 Å². The van der Waals surface area contributed by atoms with E-state index in [0.29, 0.717) is 6.92 Å². The van der Waals surface area contributed by atoms with Gasteiger partial charge in [0.25, 0.3) is 5.92 Å². The van der Waals surface area contributed by atoms with Gasteiger partial charge in [0.05, 0.1) is 6.61 Å². The van der Waals surface area contributed by atoms with Gasteiger partial charge in [-0.1, -0.05) is 13.8 Å². The summed E-state index contributed by atoms with van der Waals surface area (Å²) in [6.45, 7) is 2.15. The number of halogens is 8. The smallest absolute Gasteiger partial charge is 0.416 e. The fraction of sp³-hybridized carbons (Fsp3) is 0.941. The van der Waals surface area contributed by atoms with Crippen LogP contribution in [0.15, 0.2) is 0 Å². The molecule has 0 bridgehead atoms. The molecule has 0 amide bonds. The first kappa shape index (κ1) is 24.9. The van der Waals surface area contributed by atoms with Crippen molar-refractivity contribution in [2.24, 2.45) is 17.8 Å². The molecule has 5 atom stereocenters. The molecule has 1 aliphatic rings. The zero-order valence-corrected chi connectivity index (χ0v) is 15.8. The van der Waals surface area contributed by atoms with E-state index in [1.165, 1.54) is 13.8 Å². The van der Waals surface area contributed by atoms with Gasteiger partial charge in [0, 0.05) is 6.92 Å². The average Bonchev–Trinajstić information content (AvgIpc) is 2.46. The van der Waals surface area contributed by atoms with Crippen molar-refractivity contribution in [3.05, 3.63) is 0 Å². The van der Waals surface area contributed by atoms with Crippen LogP contribution in [0, 0.1) is 17.8 Å². The first-order valence-electron chi connectivity index (χ1n) is 8.66. The molecule has 1 fully saturated rings. The fourth-order valence-electron chi connectivity index (χ4n) is 3.42. The van der Waals surface area contributed by atoms with E-state index < -0.39 is 78.9 Å². The minimum absolute atomic E-state index is 0.00262. The van der Waals surface area contributed by atoms with Crippen molar-refractivity contribution < 1.29 is 49.8 Å². The van der Waals surface area contributed by atoms with Crippen molar-refractivity contribution in [2.75, 3.05) is 6.61 Å².